The molecule has 4 nitrogen and oxygen atoms in total. The Kier molecular flexibility index (Phi) is 6.37. The molecule has 3 aromatic rings. The number of aromatic nitrogens is 2. The first-order valence-electron chi connectivity index (χ1n) is 8.65. The van der Waals surface area contributed by atoms with Crippen LogP contribution in [0.2, 0.25) is 9.36 Å². The number of aryl methyl sites for hydroxylation is 2. The Morgan fingerprint density at radius 3 is 2.74 bits per heavy atom. The van der Waals surface area contributed by atoms with Crippen molar-refractivity contribution in [1.82, 2.24) is 9.78 Å². The van der Waals surface area contributed by atoms with Crippen molar-refractivity contribution < 1.29 is 4.79 Å². The lowest BCUT2D eigenvalue weighted by Gasteiger charge is -2.14. The fourth-order valence-corrected chi connectivity index (χ4v) is 4.65. The van der Waals surface area contributed by atoms with Crippen LogP contribution in [0.5, 0.6) is 0 Å². The predicted octanol–water partition coefficient (Wildman–Crippen LogP) is 5.15. The Bertz CT molecular complexity index is 945. The number of hydrogen-bond donors (Lipinski definition) is 1. The molecule has 3 rings (SSSR count). The lowest BCUT2D eigenvalue weighted by molar-refractivity contribution is 0.0966. The summed E-state index contributed by atoms with van der Waals surface area (Å²) in [5.74, 6) is 0.137. The van der Waals surface area contributed by atoms with E-state index in [0.29, 0.717) is 32.9 Å². The lowest BCUT2D eigenvalue weighted by atomic mass is 9.93. The number of hydrogen-bond acceptors (Lipinski definition) is 4. The van der Waals surface area contributed by atoms with E-state index in [0.717, 1.165) is 12.0 Å². The molecule has 0 saturated carbocycles. The molecule has 0 aliphatic rings. The summed E-state index contributed by atoms with van der Waals surface area (Å²) in [6.07, 6.45) is 2.74. The maximum absolute atomic E-state index is 12.8. The number of nitrogens with zero attached hydrogens (tertiary/aromatic N) is 2. The van der Waals surface area contributed by atoms with Gasteiger partial charge in [0.2, 0.25) is 0 Å². The second-order valence-corrected chi connectivity index (χ2v) is 8.75. The highest BCUT2D eigenvalue weighted by Crippen LogP contribution is 2.39. The zero-order valence-corrected chi connectivity index (χ0v) is 17.5. The third-order valence-electron chi connectivity index (χ3n) is 4.53. The molecule has 1 atom stereocenters. The number of ketones is 1. The Labute approximate surface area is 172 Å². The van der Waals surface area contributed by atoms with E-state index in [9.17, 15) is 4.79 Å². The molecule has 0 fully saturated rings. The molecule has 0 spiro atoms. The van der Waals surface area contributed by atoms with Crippen molar-refractivity contribution in [3.63, 3.8) is 0 Å². The van der Waals surface area contributed by atoms with Gasteiger partial charge in [0.15, 0.2) is 5.78 Å². The summed E-state index contributed by atoms with van der Waals surface area (Å²) >= 11 is 13.9. The molecule has 142 valence electrons. The zero-order chi connectivity index (χ0) is 19.6. The first kappa shape index (κ1) is 20.1. The molecule has 0 unspecified atom stereocenters. The molecule has 27 heavy (non-hydrogen) atoms. The summed E-state index contributed by atoms with van der Waals surface area (Å²) < 4.78 is 2.19. The molecule has 0 bridgehead atoms. The topological polar surface area (TPSA) is 60.9 Å². The van der Waals surface area contributed by atoms with E-state index in [4.69, 9.17) is 28.9 Å². The summed E-state index contributed by atoms with van der Waals surface area (Å²) in [5, 5.41) is 4.64. The van der Waals surface area contributed by atoms with Crippen LogP contribution in [0, 0.1) is 12.8 Å². The maximum atomic E-state index is 12.8. The first-order chi connectivity index (χ1) is 12.9. The third kappa shape index (κ3) is 4.61. The molecule has 0 radical (unpaired) electrons. The number of nitrogens with two attached hydrogens (primary N) is 1. The van der Waals surface area contributed by atoms with Gasteiger partial charge in [0, 0.05) is 19.0 Å². The van der Waals surface area contributed by atoms with Crippen molar-refractivity contribution in [2.75, 3.05) is 6.54 Å². The molecule has 0 saturated heterocycles. The van der Waals surface area contributed by atoms with Crippen molar-refractivity contribution in [2.45, 2.75) is 19.8 Å². The number of carbonyl (C=O) groups is 1. The van der Waals surface area contributed by atoms with Gasteiger partial charge in [-0.05, 0) is 37.4 Å². The molecule has 2 aromatic heterocycles. The van der Waals surface area contributed by atoms with Crippen LogP contribution in [0.3, 0.4) is 0 Å². The summed E-state index contributed by atoms with van der Waals surface area (Å²) in [4.78, 5) is 13.4. The summed E-state index contributed by atoms with van der Waals surface area (Å²) in [6.45, 7) is 2.52. The predicted molar refractivity (Wildman–Crippen MR) is 113 cm³/mol. The molecule has 2 heterocycles. The average Bonchev–Trinajstić information content (AvgIpc) is 3.16. The van der Waals surface area contributed by atoms with Crippen LogP contribution in [-0.2, 0) is 13.5 Å². The Morgan fingerprint density at radius 2 is 2.11 bits per heavy atom. The summed E-state index contributed by atoms with van der Waals surface area (Å²) in [7, 11) is 1.79. The number of carbonyl (C=O) groups excluding carboxylic acids is 1. The van der Waals surface area contributed by atoms with E-state index in [1.807, 2.05) is 6.07 Å². The third-order valence-corrected chi connectivity index (χ3v) is 6.20. The van der Waals surface area contributed by atoms with E-state index in [1.165, 1.54) is 22.5 Å². The van der Waals surface area contributed by atoms with Gasteiger partial charge in [-0.2, -0.15) is 5.10 Å². The van der Waals surface area contributed by atoms with Crippen LogP contribution < -0.4 is 5.73 Å². The van der Waals surface area contributed by atoms with Crippen LogP contribution in [0.1, 0.15) is 27.2 Å². The van der Waals surface area contributed by atoms with Gasteiger partial charge in [0.25, 0.3) is 0 Å². The smallest absolute Gasteiger partial charge is 0.173 e. The second-order valence-electron chi connectivity index (χ2n) is 6.68. The van der Waals surface area contributed by atoms with Crippen molar-refractivity contribution in [3.8, 4) is 11.3 Å². The molecule has 0 aliphatic heterocycles. The van der Waals surface area contributed by atoms with E-state index < -0.39 is 0 Å². The fourth-order valence-electron chi connectivity index (χ4n) is 3.16. The first-order valence-corrected chi connectivity index (χ1v) is 10.2. The van der Waals surface area contributed by atoms with E-state index in [1.54, 1.807) is 24.0 Å². The summed E-state index contributed by atoms with van der Waals surface area (Å²) in [6, 6.07) is 10.1. The molecule has 0 amide bonds. The van der Waals surface area contributed by atoms with Gasteiger partial charge in [-0.25, -0.2) is 0 Å². The highest BCUT2D eigenvalue weighted by molar-refractivity contribution is 7.18. The number of rotatable bonds is 7. The van der Waals surface area contributed by atoms with Gasteiger partial charge in [-0.3, -0.25) is 9.48 Å². The van der Waals surface area contributed by atoms with Crippen molar-refractivity contribution in [3.05, 3.63) is 61.9 Å². The largest absolute Gasteiger partial charge is 0.330 e. The molecule has 2 N–H and O–H groups in total. The minimum Gasteiger partial charge on any atom is -0.330 e. The number of benzene rings is 1. The van der Waals surface area contributed by atoms with E-state index in [2.05, 4.69) is 30.2 Å². The van der Waals surface area contributed by atoms with Crippen LogP contribution in [0.25, 0.3) is 11.3 Å². The van der Waals surface area contributed by atoms with Crippen molar-refractivity contribution in [1.29, 1.82) is 0 Å². The molecule has 0 aliphatic carbocycles. The SMILES string of the molecule is Cc1cccc(C[C@@H](CN)CC(=O)c2cc(-c3c(Cl)cnn3C)c(Cl)s2)c1. The fraction of sp³-hybridized carbons (Fsp3) is 0.300. The second kappa shape index (κ2) is 8.57. The van der Waals surface area contributed by atoms with E-state index >= 15 is 0 Å². The zero-order valence-electron chi connectivity index (χ0n) is 15.2. The van der Waals surface area contributed by atoms with Crippen LogP contribution in [0.4, 0.5) is 0 Å². The number of halogens is 2. The monoisotopic (exact) mass is 421 g/mol. The average molecular weight is 422 g/mol. The Morgan fingerprint density at radius 1 is 1.33 bits per heavy atom. The highest BCUT2D eigenvalue weighted by Gasteiger charge is 2.21. The molecular weight excluding hydrogens is 401 g/mol. The van der Waals surface area contributed by atoms with Crippen LogP contribution >= 0.6 is 34.5 Å². The normalized spacial score (nSPS) is 12.3. The van der Waals surface area contributed by atoms with Gasteiger partial charge in [0.05, 0.1) is 21.8 Å². The molecular formula is C20H21Cl2N3OS. The van der Waals surface area contributed by atoms with Gasteiger partial charge < -0.3 is 5.73 Å². The minimum atomic E-state index is 0.0505. The van der Waals surface area contributed by atoms with Crippen molar-refractivity contribution >= 4 is 40.3 Å². The summed E-state index contributed by atoms with van der Waals surface area (Å²) in [5.41, 5.74) is 9.79. The van der Waals surface area contributed by atoms with Gasteiger partial charge >= 0.3 is 0 Å². The van der Waals surface area contributed by atoms with Crippen LogP contribution in [-0.4, -0.2) is 22.1 Å². The van der Waals surface area contributed by atoms with Gasteiger partial charge in [-0.15, -0.1) is 11.3 Å². The van der Waals surface area contributed by atoms with Crippen LogP contribution in [0.15, 0.2) is 36.5 Å². The van der Waals surface area contributed by atoms with E-state index in [-0.39, 0.29) is 11.7 Å². The highest BCUT2D eigenvalue weighted by atomic mass is 35.5. The molecule has 7 heteroatoms. The Balaban J connectivity index is 1.76. The Hall–Kier alpha value is -1.66. The van der Waals surface area contributed by atoms with Gasteiger partial charge in [0.1, 0.15) is 4.34 Å². The number of Topliss-reactive ketones (excluding diaryl/α,β-unsaturated/α-hetero) is 1. The van der Waals surface area contributed by atoms with Gasteiger partial charge in [-0.1, -0.05) is 53.0 Å². The minimum absolute atomic E-state index is 0.0505. The molecule has 1 aromatic carbocycles. The number of thiophene rings is 1. The lowest BCUT2D eigenvalue weighted by Crippen LogP contribution is -2.20. The van der Waals surface area contributed by atoms with Crippen molar-refractivity contribution in [2.24, 2.45) is 18.7 Å². The standard InChI is InChI=1S/C20H21Cl2N3OS/c1-12-4-3-5-13(6-12)7-14(10-23)8-17(26)18-9-15(20(22)27-18)19-16(21)11-24-25(19)2/h3-6,9,11,14H,7-8,10,23H2,1-2H3/t14-/m1/s1. The maximum Gasteiger partial charge on any atom is 0.173 e. The quantitative estimate of drug-likeness (QED) is 0.536.